The summed E-state index contributed by atoms with van der Waals surface area (Å²) in [7, 11) is 0. The van der Waals surface area contributed by atoms with Crippen molar-refractivity contribution in [2.24, 2.45) is 0 Å². The van der Waals surface area contributed by atoms with Gasteiger partial charge in [0.2, 0.25) is 0 Å². The second-order valence-electron chi connectivity index (χ2n) is 3.51. The molecule has 0 aromatic carbocycles. The summed E-state index contributed by atoms with van der Waals surface area (Å²) in [6.45, 7) is 2.55. The largest absolute Gasteiger partial charge is 0.393 e. The Morgan fingerprint density at radius 3 is 2.40 bits per heavy atom. The van der Waals surface area contributed by atoms with Crippen LogP contribution in [0.2, 0.25) is 0 Å². The molecule has 1 aliphatic heterocycles. The maximum atomic E-state index is 9.24. The van der Waals surface area contributed by atoms with Gasteiger partial charge in [0.05, 0.1) is 6.10 Å². The summed E-state index contributed by atoms with van der Waals surface area (Å²) < 4.78 is 0. The van der Waals surface area contributed by atoms with E-state index in [2.05, 4.69) is 4.90 Å². The Kier molecular flexibility index (Phi) is 1.66. The van der Waals surface area contributed by atoms with Crippen LogP contribution in [0.3, 0.4) is 0 Å². The minimum absolute atomic E-state index is 0.00519. The van der Waals surface area contributed by atoms with E-state index in [1.807, 2.05) is 0 Å². The van der Waals surface area contributed by atoms with Gasteiger partial charge in [-0.15, -0.1) is 0 Å². The number of rotatable bonds is 1. The molecule has 2 aliphatic rings. The van der Waals surface area contributed by atoms with Crippen LogP contribution in [0.15, 0.2) is 0 Å². The lowest BCUT2D eigenvalue weighted by atomic mass is 10.1. The number of aliphatic hydroxyl groups is 1. The molecule has 0 bridgehead atoms. The van der Waals surface area contributed by atoms with E-state index in [1.54, 1.807) is 0 Å². The first-order chi connectivity index (χ1) is 4.86. The minimum Gasteiger partial charge on any atom is -0.393 e. The SMILES string of the molecule is OC1CCC(N2CCC2)C1. The third-order valence-electron chi connectivity index (χ3n) is 2.78. The molecule has 1 N–H and O–H groups in total. The van der Waals surface area contributed by atoms with Gasteiger partial charge in [0.15, 0.2) is 0 Å². The molecule has 1 aliphatic carbocycles. The van der Waals surface area contributed by atoms with Gasteiger partial charge < -0.3 is 10.0 Å². The molecule has 0 aromatic rings. The quantitative estimate of drug-likeness (QED) is 0.578. The molecule has 10 heavy (non-hydrogen) atoms. The van der Waals surface area contributed by atoms with E-state index in [0.29, 0.717) is 0 Å². The summed E-state index contributed by atoms with van der Waals surface area (Å²) in [5, 5.41) is 9.24. The molecule has 0 radical (unpaired) electrons. The number of likely N-dealkylation sites (tertiary alicyclic amines) is 1. The molecule has 0 amide bonds. The van der Waals surface area contributed by atoms with Crippen molar-refractivity contribution < 1.29 is 5.11 Å². The average molecular weight is 141 g/mol. The molecule has 2 atom stereocenters. The summed E-state index contributed by atoms with van der Waals surface area (Å²) in [5.74, 6) is 0. The lowest BCUT2D eigenvalue weighted by Gasteiger charge is -2.36. The van der Waals surface area contributed by atoms with Crippen LogP contribution in [-0.4, -0.2) is 35.2 Å². The Morgan fingerprint density at radius 2 is 2.00 bits per heavy atom. The van der Waals surface area contributed by atoms with Gasteiger partial charge in [-0.1, -0.05) is 0 Å². The number of nitrogens with zero attached hydrogens (tertiary/aromatic N) is 1. The van der Waals surface area contributed by atoms with Crippen molar-refractivity contribution in [3.63, 3.8) is 0 Å². The van der Waals surface area contributed by atoms with E-state index in [-0.39, 0.29) is 6.10 Å². The van der Waals surface area contributed by atoms with Crippen LogP contribution >= 0.6 is 0 Å². The third kappa shape index (κ3) is 1.06. The molecule has 1 saturated carbocycles. The molecule has 2 rings (SSSR count). The second kappa shape index (κ2) is 2.51. The summed E-state index contributed by atoms with van der Waals surface area (Å²) in [5.41, 5.74) is 0. The second-order valence-corrected chi connectivity index (χ2v) is 3.51. The molecule has 2 nitrogen and oxygen atoms in total. The van der Waals surface area contributed by atoms with Gasteiger partial charge >= 0.3 is 0 Å². The average Bonchev–Trinajstić information content (AvgIpc) is 2.10. The minimum atomic E-state index is 0.00519. The van der Waals surface area contributed by atoms with Crippen LogP contribution in [0, 0.1) is 0 Å². The van der Waals surface area contributed by atoms with Crippen molar-refractivity contribution in [1.82, 2.24) is 4.90 Å². The van der Waals surface area contributed by atoms with Gasteiger partial charge in [0, 0.05) is 6.04 Å². The van der Waals surface area contributed by atoms with E-state index < -0.39 is 0 Å². The van der Waals surface area contributed by atoms with Crippen LogP contribution in [0.25, 0.3) is 0 Å². The zero-order valence-electron chi connectivity index (χ0n) is 6.29. The summed E-state index contributed by atoms with van der Waals surface area (Å²) in [4.78, 5) is 2.50. The number of aliphatic hydroxyl groups excluding tert-OH is 1. The zero-order valence-corrected chi connectivity index (χ0v) is 6.29. The zero-order chi connectivity index (χ0) is 6.97. The van der Waals surface area contributed by atoms with E-state index in [9.17, 15) is 5.11 Å². The van der Waals surface area contributed by atoms with Crippen LogP contribution < -0.4 is 0 Å². The van der Waals surface area contributed by atoms with E-state index in [4.69, 9.17) is 0 Å². The molecule has 0 spiro atoms. The number of hydrogen-bond acceptors (Lipinski definition) is 2. The molecular weight excluding hydrogens is 126 g/mol. The standard InChI is InChI=1S/C8H15NO/c10-8-3-2-7(6-8)9-4-1-5-9/h7-8,10H,1-6H2. The first-order valence-electron chi connectivity index (χ1n) is 4.28. The highest BCUT2D eigenvalue weighted by molar-refractivity contribution is 4.85. The fourth-order valence-electron chi connectivity index (χ4n) is 1.97. The van der Waals surface area contributed by atoms with Crippen molar-refractivity contribution in [3.8, 4) is 0 Å². The molecular formula is C8H15NO. The first kappa shape index (κ1) is 6.62. The van der Waals surface area contributed by atoms with Crippen LogP contribution in [0.1, 0.15) is 25.7 Å². The normalized spacial score (nSPS) is 41.7. The van der Waals surface area contributed by atoms with Gasteiger partial charge in [0.1, 0.15) is 0 Å². The maximum Gasteiger partial charge on any atom is 0.0555 e. The number of hydrogen-bond donors (Lipinski definition) is 1. The van der Waals surface area contributed by atoms with Crippen molar-refractivity contribution in [2.45, 2.75) is 37.8 Å². The smallest absolute Gasteiger partial charge is 0.0555 e. The Morgan fingerprint density at radius 1 is 1.20 bits per heavy atom. The fraction of sp³-hybridized carbons (Fsp3) is 1.00. The van der Waals surface area contributed by atoms with Gasteiger partial charge in [-0.05, 0) is 38.8 Å². The van der Waals surface area contributed by atoms with Gasteiger partial charge in [-0.25, -0.2) is 0 Å². The Hall–Kier alpha value is -0.0800. The monoisotopic (exact) mass is 141 g/mol. The molecule has 2 fully saturated rings. The van der Waals surface area contributed by atoms with E-state index in [1.165, 1.54) is 25.9 Å². The Labute approximate surface area is 61.8 Å². The Bertz CT molecular complexity index is 122. The highest BCUT2D eigenvalue weighted by atomic mass is 16.3. The third-order valence-corrected chi connectivity index (χ3v) is 2.78. The molecule has 0 aromatic heterocycles. The van der Waals surface area contributed by atoms with Crippen LogP contribution in [-0.2, 0) is 0 Å². The van der Waals surface area contributed by atoms with Crippen LogP contribution in [0.4, 0.5) is 0 Å². The van der Waals surface area contributed by atoms with Crippen molar-refractivity contribution in [2.75, 3.05) is 13.1 Å². The van der Waals surface area contributed by atoms with Crippen molar-refractivity contribution in [3.05, 3.63) is 0 Å². The topological polar surface area (TPSA) is 23.5 Å². The van der Waals surface area contributed by atoms with E-state index in [0.717, 1.165) is 18.9 Å². The summed E-state index contributed by atoms with van der Waals surface area (Å²) in [6.07, 6.45) is 4.65. The lowest BCUT2D eigenvalue weighted by molar-refractivity contribution is 0.104. The first-order valence-corrected chi connectivity index (χ1v) is 4.28. The molecule has 1 saturated heterocycles. The molecule has 2 unspecified atom stereocenters. The molecule has 1 heterocycles. The summed E-state index contributed by atoms with van der Waals surface area (Å²) >= 11 is 0. The Balaban J connectivity index is 1.82. The highest BCUT2D eigenvalue weighted by Crippen LogP contribution is 2.26. The highest BCUT2D eigenvalue weighted by Gasteiger charge is 2.30. The predicted octanol–water partition coefficient (Wildman–Crippen LogP) is 0.605. The van der Waals surface area contributed by atoms with Crippen LogP contribution in [0.5, 0.6) is 0 Å². The lowest BCUT2D eigenvalue weighted by Crippen LogP contribution is -2.44. The van der Waals surface area contributed by atoms with Crippen molar-refractivity contribution >= 4 is 0 Å². The van der Waals surface area contributed by atoms with Gasteiger partial charge in [0.25, 0.3) is 0 Å². The maximum absolute atomic E-state index is 9.24. The molecule has 58 valence electrons. The van der Waals surface area contributed by atoms with Gasteiger partial charge in [-0.3, -0.25) is 0 Å². The summed E-state index contributed by atoms with van der Waals surface area (Å²) in [6, 6.07) is 0.726. The fourth-order valence-corrected chi connectivity index (χ4v) is 1.97. The van der Waals surface area contributed by atoms with Gasteiger partial charge in [-0.2, -0.15) is 0 Å². The van der Waals surface area contributed by atoms with Crippen molar-refractivity contribution in [1.29, 1.82) is 0 Å². The van der Waals surface area contributed by atoms with E-state index >= 15 is 0 Å². The molecule has 2 heteroatoms. The predicted molar refractivity (Wildman–Crippen MR) is 39.8 cm³/mol.